The third-order valence-electron chi connectivity index (χ3n) is 2.72. The highest BCUT2D eigenvalue weighted by Gasteiger charge is 2.11. The van der Waals surface area contributed by atoms with E-state index in [9.17, 15) is 4.79 Å². The third kappa shape index (κ3) is 2.71. The van der Waals surface area contributed by atoms with Crippen molar-refractivity contribution in [2.45, 2.75) is 13.5 Å². The molecule has 2 rings (SSSR count). The molecule has 0 unspecified atom stereocenters. The first-order valence-corrected chi connectivity index (χ1v) is 5.82. The second kappa shape index (κ2) is 5.40. The van der Waals surface area contributed by atoms with E-state index in [0.29, 0.717) is 12.3 Å². The van der Waals surface area contributed by atoms with Crippen LogP contribution in [-0.2, 0) is 6.54 Å². The summed E-state index contributed by atoms with van der Waals surface area (Å²) in [5.41, 5.74) is 1.09. The highest BCUT2D eigenvalue weighted by atomic mass is 16.4. The molecule has 1 heterocycles. The van der Waals surface area contributed by atoms with Gasteiger partial charge in [0.1, 0.15) is 5.76 Å². The van der Waals surface area contributed by atoms with Crippen molar-refractivity contribution in [1.82, 2.24) is 0 Å². The molecule has 0 aliphatic rings. The van der Waals surface area contributed by atoms with Crippen molar-refractivity contribution in [2.24, 2.45) is 0 Å². The first kappa shape index (κ1) is 12.2. The number of hydrogen-bond acceptors (Lipinski definition) is 3. The van der Waals surface area contributed by atoms with E-state index in [1.807, 2.05) is 37.3 Å². The fourth-order valence-electron chi connectivity index (χ4n) is 1.79. The van der Waals surface area contributed by atoms with Crippen molar-refractivity contribution in [3.8, 4) is 0 Å². The Morgan fingerprint density at radius 1 is 1.22 bits per heavy atom. The molecule has 94 valence electrons. The zero-order valence-corrected chi connectivity index (χ0v) is 10.2. The summed E-state index contributed by atoms with van der Waals surface area (Å²) in [5.74, 6) is -0.406. The lowest BCUT2D eigenvalue weighted by Gasteiger charge is -2.21. The van der Waals surface area contributed by atoms with Crippen LogP contribution in [0.5, 0.6) is 0 Å². The van der Waals surface area contributed by atoms with Gasteiger partial charge < -0.3 is 14.4 Å². The Bertz CT molecular complexity index is 519. The molecular formula is C14H15NO3. The average molecular weight is 245 g/mol. The largest absolute Gasteiger partial charge is 0.475 e. The fourth-order valence-corrected chi connectivity index (χ4v) is 1.79. The van der Waals surface area contributed by atoms with Gasteiger partial charge in [0.2, 0.25) is 5.76 Å². The highest BCUT2D eigenvalue weighted by molar-refractivity contribution is 5.84. The van der Waals surface area contributed by atoms with Gasteiger partial charge in [-0.1, -0.05) is 18.2 Å². The minimum absolute atomic E-state index is 0.0193. The number of furan rings is 1. The maximum atomic E-state index is 10.7. The Morgan fingerprint density at radius 3 is 2.50 bits per heavy atom. The van der Waals surface area contributed by atoms with Gasteiger partial charge in [0, 0.05) is 12.2 Å². The summed E-state index contributed by atoms with van der Waals surface area (Å²) in [5, 5.41) is 8.80. The zero-order chi connectivity index (χ0) is 13.0. The molecule has 0 saturated carbocycles. The van der Waals surface area contributed by atoms with E-state index < -0.39 is 5.97 Å². The molecule has 1 aromatic heterocycles. The van der Waals surface area contributed by atoms with Gasteiger partial charge in [0.05, 0.1) is 6.54 Å². The van der Waals surface area contributed by atoms with E-state index in [-0.39, 0.29) is 5.76 Å². The lowest BCUT2D eigenvalue weighted by atomic mass is 10.2. The van der Waals surface area contributed by atoms with Gasteiger partial charge in [-0.25, -0.2) is 4.79 Å². The Morgan fingerprint density at radius 2 is 1.94 bits per heavy atom. The molecule has 4 nitrogen and oxygen atoms in total. The standard InChI is InChI=1S/C14H15NO3/c1-2-15(11-6-4-3-5-7-11)10-12-8-9-13(18-12)14(16)17/h3-9H,2,10H2,1H3,(H,16,17). The van der Waals surface area contributed by atoms with E-state index in [4.69, 9.17) is 9.52 Å². The summed E-state index contributed by atoms with van der Waals surface area (Å²) >= 11 is 0. The van der Waals surface area contributed by atoms with Crippen LogP contribution in [0.25, 0.3) is 0 Å². The second-order valence-electron chi connectivity index (χ2n) is 3.92. The molecule has 0 saturated heterocycles. The molecule has 0 fully saturated rings. The van der Waals surface area contributed by atoms with Crippen molar-refractivity contribution in [2.75, 3.05) is 11.4 Å². The first-order valence-electron chi connectivity index (χ1n) is 5.82. The predicted octanol–water partition coefficient (Wildman–Crippen LogP) is 3.00. The summed E-state index contributed by atoms with van der Waals surface area (Å²) in [6.45, 7) is 3.44. The van der Waals surface area contributed by atoms with Crippen molar-refractivity contribution in [1.29, 1.82) is 0 Å². The van der Waals surface area contributed by atoms with E-state index in [2.05, 4.69) is 4.90 Å². The van der Waals surface area contributed by atoms with Gasteiger partial charge in [-0.2, -0.15) is 0 Å². The molecule has 4 heteroatoms. The normalized spacial score (nSPS) is 10.3. The van der Waals surface area contributed by atoms with E-state index in [1.165, 1.54) is 6.07 Å². The smallest absolute Gasteiger partial charge is 0.371 e. The minimum Gasteiger partial charge on any atom is -0.475 e. The van der Waals surface area contributed by atoms with Gasteiger partial charge in [-0.15, -0.1) is 0 Å². The summed E-state index contributed by atoms with van der Waals surface area (Å²) < 4.78 is 5.26. The second-order valence-corrected chi connectivity index (χ2v) is 3.92. The predicted molar refractivity (Wildman–Crippen MR) is 68.8 cm³/mol. The van der Waals surface area contributed by atoms with Crippen molar-refractivity contribution in [3.63, 3.8) is 0 Å². The Balaban J connectivity index is 2.13. The molecule has 0 spiro atoms. The van der Waals surface area contributed by atoms with Gasteiger partial charge in [0.25, 0.3) is 0 Å². The lowest BCUT2D eigenvalue weighted by Crippen LogP contribution is -2.21. The number of hydrogen-bond donors (Lipinski definition) is 1. The molecular weight excluding hydrogens is 230 g/mol. The molecule has 1 aromatic carbocycles. The number of para-hydroxylation sites is 1. The molecule has 0 amide bonds. The molecule has 0 atom stereocenters. The minimum atomic E-state index is -1.04. The quantitative estimate of drug-likeness (QED) is 0.879. The SMILES string of the molecule is CCN(Cc1ccc(C(=O)O)o1)c1ccccc1. The first-order chi connectivity index (χ1) is 8.70. The molecule has 2 aromatic rings. The number of carboxylic acid groups (broad SMARTS) is 1. The zero-order valence-electron chi connectivity index (χ0n) is 10.2. The van der Waals surface area contributed by atoms with Crippen LogP contribution in [0, 0.1) is 0 Å². The van der Waals surface area contributed by atoms with Crippen LogP contribution in [0.1, 0.15) is 23.2 Å². The van der Waals surface area contributed by atoms with Crippen molar-refractivity contribution < 1.29 is 14.3 Å². The summed E-state index contributed by atoms with van der Waals surface area (Å²) in [4.78, 5) is 12.8. The Labute approximate surface area is 105 Å². The monoisotopic (exact) mass is 245 g/mol. The van der Waals surface area contributed by atoms with Crippen LogP contribution in [-0.4, -0.2) is 17.6 Å². The number of aromatic carboxylic acids is 1. The van der Waals surface area contributed by atoms with Crippen LogP contribution in [0.4, 0.5) is 5.69 Å². The summed E-state index contributed by atoms with van der Waals surface area (Å²) in [6.07, 6.45) is 0. The van der Waals surface area contributed by atoms with Gasteiger partial charge >= 0.3 is 5.97 Å². The summed E-state index contributed by atoms with van der Waals surface area (Å²) in [6, 6.07) is 13.1. The van der Waals surface area contributed by atoms with E-state index in [0.717, 1.165) is 12.2 Å². The van der Waals surface area contributed by atoms with Crippen molar-refractivity contribution in [3.05, 3.63) is 54.0 Å². The van der Waals surface area contributed by atoms with E-state index in [1.54, 1.807) is 6.07 Å². The Hall–Kier alpha value is -2.23. The molecule has 18 heavy (non-hydrogen) atoms. The molecule has 1 N–H and O–H groups in total. The number of nitrogens with zero attached hydrogens (tertiary/aromatic N) is 1. The fraction of sp³-hybridized carbons (Fsp3) is 0.214. The van der Waals surface area contributed by atoms with Gasteiger partial charge in [-0.05, 0) is 31.2 Å². The average Bonchev–Trinajstić information content (AvgIpc) is 2.86. The number of carboxylic acids is 1. The van der Waals surface area contributed by atoms with E-state index >= 15 is 0 Å². The van der Waals surface area contributed by atoms with Crippen molar-refractivity contribution >= 4 is 11.7 Å². The van der Waals surface area contributed by atoms with Crippen LogP contribution in [0.2, 0.25) is 0 Å². The Kier molecular flexibility index (Phi) is 3.67. The molecule has 0 bridgehead atoms. The maximum Gasteiger partial charge on any atom is 0.371 e. The van der Waals surface area contributed by atoms with Crippen LogP contribution in [0.15, 0.2) is 46.9 Å². The molecule has 0 aliphatic heterocycles. The topological polar surface area (TPSA) is 53.7 Å². The number of carbonyl (C=O) groups is 1. The number of rotatable bonds is 5. The van der Waals surface area contributed by atoms with Gasteiger partial charge in [-0.3, -0.25) is 0 Å². The number of benzene rings is 1. The summed E-state index contributed by atoms with van der Waals surface area (Å²) in [7, 11) is 0. The van der Waals surface area contributed by atoms with Crippen LogP contribution < -0.4 is 4.90 Å². The highest BCUT2D eigenvalue weighted by Crippen LogP contribution is 2.17. The molecule has 0 radical (unpaired) electrons. The third-order valence-corrected chi connectivity index (χ3v) is 2.72. The lowest BCUT2D eigenvalue weighted by molar-refractivity contribution is 0.0660. The van der Waals surface area contributed by atoms with Crippen LogP contribution in [0.3, 0.4) is 0 Å². The maximum absolute atomic E-state index is 10.7. The van der Waals surface area contributed by atoms with Crippen LogP contribution >= 0.6 is 0 Å². The molecule has 0 aliphatic carbocycles. The number of anilines is 1. The van der Waals surface area contributed by atoms with Gasteiger partial charge in [0.15, 0.2) is 0 Å².